The monoisotopic (exact) mass is 242 g/mol. The molecule has 0 radical (unpaired) electrons. The van der Waals surface area contributed by atoms with Gasteiger partial charge in [-0.25, -0.2) is 0 Å². The van der Waals surface area contributed by atoms with Crippen molar-refractivity contribution in [3.63, 3.8) is 0 Å². The fraction of sp³-hybridized carbons (Fsp3) is 0.333. The van der Waals surface area contributed by atoms with Crippen molar-refractivity contribution in [2.75, 3.05) is 24.6 Å². The van der Waals surface area contributed by atoms with Crippen LogP contribution in [0.2, 0.25) is 0 Å². The fourth-order valence-corrected chi connectivity index (χ4v) is 2.41. The van der Waals surface area contributed by atoms with Gasteiger partial charge in [0.25, 0.3) is 0 Å². The molecule has 0 fully saturated rings. The van der Waals surface area contributed by atoms with Crippen LogP contribution in [0.1, 0.15) is 12.0 Å². The second-order valence-electron chi connectivity index (χ2n) is 4.82. The zero-order chi connectivity index (χ0) is 12.4. The van der Waals surface area contributed by atoms with Crippen LogP contribution in [0.5, 0.6) is 5.75 Å². The first-order valence-corrected chi connectivity index (χ1v) is 6.40. The molecular formula is C15H18N2O. The van der Waals surface area contributed by atoms with E-state index in [-0.39, 0.29) is 0 Å². The Morgan fingerprint density at radius 2 is 2.33 bits per heavy atom. The van der Waals surface area contributed by atoms with E-state index in [1.807, 2.05) is 6.20 Å². The predicted molar refractivity (Wildman–Crippen MR) is 73.9 cm³/mol. The standard InChI is InChI=1S/C15H18N2O/c1-12-4-5-15-14(9-12)17(7-8-18-15)11-13-3-2-6-16-10-13/h2,4-6,9-10,16H,3,7-8,11H2,1H3. The molecule has 0 unspecified atom stereocenters. The van der Waals surface area contributed by atoms with E-state index in [0.29, 0.717) is 0 Å². The van der Waals surface area contributed by atoms with Crippen LogP contribution in [0, 0.1) is 6.92 Å². The molecule has 2 aliphatic heterocycles. The molecule has 3 rings (SSSR count). The highest BCUT2D eigenvalue weighted by Crippen LogP contribution is 2.33. The van der Waals surface area contributed by atoms with E-state index in [0.717, 1.165) is 31.9 Å². The van der Waals surface area contributed by atoms with Gasteiger partial charge in [-0.15, -0.1) is 0 Å². The lowest BCUT2D eigenvalue weighted by Crippen LogP contribution is -2.34. The molecule has 0 spiro atoms. The van der Waals surface area contributed by atoms with Crippen molar-refractivity contribution in [1.82, 2.24) is 5.32 Å². The van der Waals surface area contributed by atoms with E-state index in [9.17, 15) is 0 Å². The van der Waals surface area contributed by atoms with Gasteiger partial charge in [0.1, 0.15) is 12.4 Å². The number of hydrogen-bond donors (Lipinski definition) is 1. The molecule has 0 aliphatic carbocycles. The van der Waals surface area contributed by atoms with Crippen molar-refractivity contribution >= 4 is 5.69 Å². The van der Waals surface area contributed by atoms with E-state index in [1.165, 1.54) is 16.8 Å². The first-order valence-electron chi connectivity index (χ1n) is 6.40. The maximum Gasteiger partial charge on any atom is 0.142 e. The summed E-state index contributed by atoms with van der Waals surface area (Å²) in [6, 6.07) is 6.39. The number of aryl methyl sites for hydroxylation is 1. The number of hydrogen-bond acceptors (Lipinski definition) is 3. The highest BCUT2D eigenvalue weighted by molar-refractivity contribution is 5.62. The summed E-state index contributed by atoms with van der Waals surface area (Å²) < 4.78 is 5.71. The fourth-order valence-electron chi connectivity index (χ4n) is 2.41. The number of ether oxygens (including phenoxy) is 1. The number of anilines is 1. The molecule has 2 heterocycles. The lowest BCUT2D eigenvalue weighted by atomic mass is 10.1. The Labute approximate surface area is 108 Å². The Hall–Kier alpha value is -1.90. The summed E-state index contributed by atoms with van der Waals surface area (Å²) in [5, 5.41) is 3.16. The summed E-state index contributed by atoms with van der Waals surface area (Å²) in [6.07, 6.45) is 7.28. The summed E-state index contributed by atoms with van der Waals surface area (Å²) in [6.45, 7) is 4.82. The molecule has 1 aromatic carbocycles. The number of dihydropyridines is 1. The van der Waals surface area contributed by atoms with Gasteiger partial charge in [0.2, 0.25) is 0 Å². The zero-order valence-electron chi connectivity index (χ0n) is 10.6. The molecule has 0 amide bonds. The summed E-state index contributed by atoms with van der Waals surface area (Å²) in [5.74, 6) is 1.01. The molecule has 0 atom stereocenters. The Balaban J connectivity index is 1.82. The number of allylic oxidation sites excluding steroid dienone is 1. The van der Waals surface area contributed by atoms with Crippen molar-refractivity contribution in [2.24, 2.45) is 0 Å². The van der Waals surface area contributed by atoms with Crippen LogP contribution in [-0.2, 0) is 0 Å². The molecule has 1 aromatic rings. The van der Waals surface area contributed by atoms with E-state index < -0.39 is 0 Å². The first-order chi connectivity index (χ1) is 8.83. The minimum atomic E-state index is 0.770. The number of nitrogens with one attached hydrogen (secondary N) is 1. The third kappa shape index (κ3) is 2.21. The smallest absolute Gasteiger partial charge is 0.142 e. The molecule has 3 heteroatoms. The Morgan fingerprint density at radius 3 is 3.17 bits per heavy atom. The van der Waals surface area contributed by atoms with E-state index in [2.05, 4.69) is 47.6 Å². The van der Waals surface area contributed by atoms with Gasteiger partial charge in [0.05, 0.1) is 12.2 Å². The SMILES string of the molecule is Cc1ccc2c(c1)N(CC1=CNC=CC1)CCO2. The van der Waals surface area contributed by atoms with Crippen molar-refractivity contribution < 1.29 is 4.74 Å². The molecule has 0 saturated carbocycles. The van der Waals surface area contributed by atoms with Gasteiger partial charge in [-0.1, -0.05) is 12.1 Å². The largest absolute Gasteiger partial charge is 0.490 e. The van der Waals surface area contributed by atoms with Crippen molar-refractivity contribution in [2.45, 2.75) is 13.3 Å². The second-order valence-corrected chi connectivity index (χ2v) is 4.82. The van der Waals surface area contributed by atoms with Crippen LogP contribution in [0.3, 0.4) is 0 Å². The quantitative estimate of drug-likeness (QED) is 0.862. The highest BCUT2D eigenvalue weighted by atomic mass is 16.5. The minimum absolute atomic E-state index is 0.770. The molecule has 18 heavy (non-hydrogen) atoms. The van der Waals surface area contributed by atoms with Gasteiger partial charge in [-0.3, -0.25) is 0 Å². The highest BCUT2D eigenvalue weighted by Gasteiger charge is 2.18. The van der Waals surface area contributed by atoms with Crippen LogP contribution < -0.4 is 15.0 Å². The van der Waals surface area contributed by atoms with E-state index >= 15 is 0 Å². The Kier molecular flexibility index (Phi) is 2.97. The molecule has 3 nitrogen and oxygen atoms in total. The lowest BCUT2D eigenvalue weighted by molar-refractivity contribution is 0.309. The minimum Gasteiger partial charge on any atom is -0.490 e. The van der Waals surface area contributed by atoms with Crippen molar-refractivity contribution in [3.05, 3.63) is 47.8 Å². The van der Waals surface area contributed by atoms with Crippen LogP contribution in [-0.4, -0.2) is 19.7 Å². The van der Waals surface area contributed by atoms with Gasteiger partial charge in [-0.2, -0.15) is 0 Å². The summed E-state index contributed by atoms with van der Waals surface area (Å²) in [5.41, 5.74) is 3.91. The Bertz CT molecular complexity index is 505. The number of nitrogens with zero attached hydrogens (tertiary/aromatic N) is 1. The molecule has 94 valence electrons. The van der Waals surface area contributed by atoms with Gasteiger partial charge < -0.3 is 15.0 Å². The zero-order valence-corrected chi connectivity index (χ0v) is 10.6. The van der Waals surface area contributed by atoms with Gasteiger partial charge >= 0.3 is 0 Å². The average molecular weight is 242 g/mol. The van der Waals surface area contributed by atoms with Gasteiger partial charge in [0, 0.05) is 12.7 Å². The van der Waals surface area contributed by atoms with E-state index in [1.54, 1.807) is 0 Å². The van der Waals surface area contributed by atoms with Crippen molar-refractivity contribution in [1.29, 1.82) is 0 Å². The summed E-state index contributed by atoms with van der Waals surface area (Å²) in [7, 11) is 0. The second kappa shape index (κ2) is 4.77. The maximum absolute atomic E-state index is 5.71. The maximum atomic E-state index is 5.71. The molecular weight excluding hydrogens is 224 g/mol. The number of rotatable bonds is 2. The van der Waals surface area contributed by atoms with Crippen molar-refractivity contribution in [3.8, 4) is 5.75 Å². The summed E-state index contributed by atoms with van der Waals surface area (Å²) >= 11 is 0. The third-order valence-corrected chi connectivity index (χ3v) is 3.35. The molecule has 0 aromatic heterocycles. The van der Waals surface area contributed by atoms with Crippen LogP contribution in [0.25, 0.3) is 0 Å². The van der Waals surface area contributed by atoms with Crippen LogP contribution >= 0.6 is 0 Å². The summed E-state index contributed by atoms with van der Waals surface area (Å²) in [4.78, 5) is 2.40. The number of fused-ring (bicyclic) bond motifs is 1. The van der Waals surface area contributed by atoms with Crippen LogP contribution in [0.15, 0.2) is 42.2 Å². The molecule has 2 aliphatic rings. The molecule has 0 bridgehead atoms. The molecule has 1 N–H and O–H groups in total. The predicted octanol–water partition coefficient (Wildman–Crippen LogP) is 2.58. The third-order valence-electron chi connectivity index (χ3n) is 3.35. The normalized spacial score (nSPS) is 17.6. The average Bonchev–Trinajstić information content (AvgIpc) is 2.41. The molecule has 0 saturated heterocycles. The Morgan fingerprint density at radius 1 is 1.39 bits per heavy atom. The topological polar surface area (TPSA) is 24.5 Å². The van der Waals surface area contributed by atoms with E-state index in [4.69, 9.17) is 4.74 Å². The lowest BCUT2D eigenvalue weighted by Gasteiger charge is -2.32. The first kappa shape index (κ1) is 11.2. The van der Waals surface area contributed by atoms with Gasteiger partial charge in [0.15, 0.2) is 0 Å². The number of benzene rings is 1. The van der Waals surface area contributed by atoms with Crippen LogP contribution in [0.4, 0.5) is 5.69 Å². The van der Waals surface area contributed by atoms with Gasteiger partial charge in [-0.05, 0) is 42.8 Å².